The van der Waals surface area contributed by atoms with Crippen molar-refractivity contribution in [2.45, 2.75) is 25.1 Å². The third-order valence-electron chi connectivity index (χ3n) is 2.19. The minimum Gasteiger partial charge on any atom is -0.328 e. The Labute approximate surface area is 109 Å². The van der Waals surface area contributed by atoms with E-state index in [1.54, 1.807) is 13.0 Å². The summed E-state index contributed by atoms with van der Waals surface area (Å²) < 4.78 is 37.1. The fraction of sp³-hybridized carbons (Fsp3) is 0.455. The van der Waals surface area contributed by atoms with Crippen LogP contribution in [0.1, 0.15) is 18.9 Å². The van der Waals surface area contributed by atoms with Crippen molar-refractivity contribution in [1.82, 2.24) is 0 Å². The van der Waals surface area contributed by atoms with Gasteiger partial charge in [-0.1, -0.05) is 15.9 Å². The average Bonchev–Trinajstić information content (AvgIpc) is 2.12. The number of sulfone groups is 1. The van der Waals surface area contributed by atoms with Crippen molar-refractivity contribution in [3.63, 3.8) is 0 Å². The van der Waals surface area contributed by atoms with Crippen molar-refractivity contribution in [3.8, 4) is 0 Å². The van der Waals surface area contributed by atoms with Gasteiger partial charge in [0.2, 0.25) is 0 Å². The first-order valence-corrected chi connectivity index (χ1v) is 7.81. The lowest BCUT2D eigenvalue weighted by Crippen LogP contribution is -2.20. The highest BCUT2D eigenvalue weighted by Crippen LogP contribution is 2.17. The monoisotopic (exact) mass is 323 g/mol. The van der Waals surface area contributed by atoms with Gasteiger partial charge in [-0.2, -0.15) is 0 Å². The van der Waals surface area contributed by atoms with Crippen molar-refractivity contribution < 1.29 is 12.8 Å². The van der Waals surface area contributed by atoms with E-state index in [1.807, 2.05) is 0 Å². The lowest BCUT2D eigenvalue weighted by Gasteiger charge is -2.07. The molecule has 1 aromatic rings. The highest BCUT2D eigenvalue weighted by Gasteiger charge is 2.13. The molecular formula is C11H15BrFNO2S. The Morgan fingerprint density at radius 1 is 1.41 bits per heavy atom. The molecule has 0 amide bonds. The van der Waals surface area contributed by atoms with Crippen LogP contribution in [0.15, 0.2) is 22.7 Å². The van der Waals surface area contributed by atoms with Crippen LogP contribution in [0.4, 0.5) is 4.39 Å². The maximum absolute atomic E-state index is 13.1. The van der Waals surface area contributed by atoms with Gasteiger partial charge in [0, 0.05) is 10.5 Å². The van der Waals surface area contributed by atoms with E-state index in [1.165, 1.54) is 12.1 Å². The zero-order chi connectivity index (χ0) is 13.1. The molecule has 17 heavy (non-hydrogen) atoms. The van der Waals surface area contributed by atoms with Crippen molar-refractivity contribution in [3.05, 3.63) is 34.1 Å². The molecule has 0 radical (unpaired) electrons. The number of rotatable bonds is 5. The smallest absolute Gasteiger partial charge is 0.154 e. The quantitative estimate of drug-likeness (QED) is 0.904. The lowest BCUT2D eigenvalue weighted by molar-refractivity contribution is 0.586. The standard InChI is InChI=1S/C11H15BrFNO2S/c1-8(14)2-3-17(15,16)7-9-4-10(12)6-11(13)5-9/h4-6,8H,2-3,7,14H2,1H3. The highest BCUT2D eigenvalue weighted by molar-refractivity contribution is 9.10. The van der Waals surface area contributed by atoms with E-state index in [0.717, 1.165) is 0 Å². The van der Waals surface area contributed by atoms with E-state index in [-0.39, 0.29) is 17.5 Å². The molecule has 3 nitrogen and oxygen atoms in total. The summed E-state index contributed by atoms with van der Waals surface area (Å²) in [4.78, 5) is 0. The molecule has 1 unspecified atom stereocenters. The van der Waals surface area contributed by atoms with Crippen LogP contribution >= 0.6 is 15.9 Å². The normalized spacial score (nSPS) is 13.6. The van der Waals surface area contributed by atoms with Crippen molar-refractivity contribution in [1.29, 1.82) is 0 Å². The van der Waals surface area contributed by atoms with Crippen LogP contribution in [0.5, 0.6) is 0 Å². The fourth-order valence-electron chi connectivity index (χ4n) is 1.39. The van der Waals surface area contributed by atoms with Crippen LogP contribution < -0.4 is 5.73 Å². The van der Waals surface area contributed by atoms with Gasteiger partial charge >= 0.3 is 0 Å². The summed E-state index contributed by atoms with van der Waals surface area (Å²) in [6, 6.07) is 3.97. The van der Waals surface area contributed by atoms with Gasteiger partial charge < -0.3 is 5.73 Å². The number of hydrogen-bond acceptors (Lipinski definition) is 3. The first-order chi connectivity index (χ1) is 7.78. The van der Waals surface area contributed by atoms with Gasteiger partial charge in [-0.15, -0.1) is 0 Å². The zero-order valence-corrected chi connectivity index (χ0v) is 11.9. The van der Waals surface area contributed by atoms with E-state index in [2.05, 4.69) is 15.9 Å². The Hall–Kier alpha value is -0.460. The molecular weight excluding hydrogens is 309 g/mol. The molecule has 0 aromatic heterocycles. The second-order valence-corrected chi connectivity index (χ2v) is 7.24. The maximum atomic E-state index is 13.1. The maximum Gasteiger partial charge on any atom is 0.154 e. The molecule has 0 aliphatic rings. The molecule has 1 atom stereocenters. The van der Waals surface area contributed by atoms with Crippen molar-refractivity contribution in [2.75, 3.05) is 5.75 Å². The average molecular weight is 324 g/mol. The molecule has 0 saturated carbocycles. The Morgan fingerprint density at radius 3 is 2.59 bits per heavy atom. The topological polar surface area (TPSA) is 60.2 Å². The second kappa shape index (κ2) is 5.93. The van der Waals surface area contributed by atoms with Crippen molar-refractivity contribution in [2.24, 2.45) is 5.73 Å². The third kappa shape index (κ3) is 5.61. The zero-order valence-electron chi connectivity index (χ0n) is 9.49. The molecule has 0 spiro atoms. The molecule has 1 rings (SSSR count). The number of benzene rings is 1. The largest absolute Gasteiger partial charge is 0.328 e. The summed E-state index contributed by atoms with van der Waals surface area (Å²) in [5.41, 5.74) is 5.96. The van der Waals surface area contributed by atoms with Gasteiger partial charge in [-0.05, 0) is 37.1 Å². The number of halogens is 2. The van der Waals surface area contributed by atoms with Crippen molar-refractivity contribution >= 4 is 25.8 Å². The molecule has 6 heteroatoms. The van der Waals surface area contributed by atoms with Gasteiger partial charge in [0.25, 0.3) is 0 Å². The SMILES string of the molecule is CC(N)CCS(=O)(=O)Cc1cc(F)cc(Br)c1. The van der Waals surface area contributed by atoms with Crippen LogP contribution in [0.25, 0.3) is 0 Å². The molecule has 0 heterocycles. The summed E-state index contributed by atoms with van der Waals surface area (Å²) in [5, 5.41) is 0. The van der Waals surface area contributed by atoms with Crippen LogP contribution in [0.3, 0.4) is 0 Å². The van der Waals surface area contributed by atoms with Gasteiger partial charge in [-0.25, -0.2) is 12.8 Å². The van der Waals surface area contributed by atoms with Crippen LogP contribution in [-0.2, 0) is 15.6 Å². The summed E-state index contributed by atoms with van der Waals surface area (Å²) in [5.74, 6) is -0.578. The van der Waals surface area contributed by atoms with Crippen LogP contribution in [0, 0.1) is 5.82 Å². The summed E-state index contributed by atoms with van der Waals surface area (Å²) in [7, 11) is -3.23. The molecule has 0 fully saturated rings. The Morgan fingerprint density at radius 2 is 2.06 bits per heavy atom. The van der Waals surface area contributed by atoms with Gasteiger partial charge in [0.05, 0.1) is 11.5 Å². The van der Waals surface area contributed by atoms with Gasteiger partial charge in [-0.3, -0.25) is 0 Å². The second-order valence-electron chi connectivity index (χ2n) is 4.14. The summed E-state index contributed by atoms with van der Waals surface area (Å²) in [6.07, 6.45) is 0.415. The third-order valence-corrected chi connectivity index (χ3v) is 4.28. The minimum absolute atomic E-state index is 0.0266. The van der Waals surface area contributed by atoms with E-state index >= 15 is 0 Å². The number of nitrogens with two attached hydrogens (primary N) is 1. The lowest BCUT2D eigenvalue weighted by atomic mass is 10.2. The predicted molar refractivity (Wildman–Crippen MR) is 69.9 cm³/mol. The van der Waals surface area contributed by atoms with Crippen LogP contribution in [0.2, 0.25) is 0 Å². The highest BCUT2D eigenvalue weighted by atomic mass is 79.9. The predicted octanol–water partition coefficient (Wildman–Crippen LogP) is 2.24. The van der Waals surface area contributed by atoms with E-state index in [9.17, 15) is 12.8 Å². The molecule has 0 aliphatic carbocycles. The van der Waals surface area contributed by atoms with E-state index in [4.69, 9.17) is 5.73 Å². The molecule has 1 aromatic carbocycles. The molecule has 2 N–H and O–H groups in total. The molecule has 0 saturated heterocycles. The van der Waals surface area contributed by atoms with E-state index < -0.39 is 15.7 Å². The Kier molecular flexibility index (Phi) is 5.09. The van der Waals surface area contributed by atoms with Gasteiger partial charge in [0.1, 0.15) is 5.82 Å². The first kappa shape index (κ1) is 14.6. The molecule has 96 valence electrons. The van der Waals surface area contributed by atoms with Gasteiger partial charge in [0.15, 0.2) is 9.84 Å². The fourth-order valence-corrected chi connectivity index (χ4v) is 3.45. The number of hydrogen-bond donors (Lipinski definition) is 1. The first-order valence-electron chi connectivity index (χ1n) is 5.19. The van der Waals surface area contributed by atoms with Crippen LogP contribution in [-0.4, -0.2) is 20.2 Å². The summed E-state index contributed by atoms with van der Waals surface area (Å²) >= 11 is 3.13. The van der Waals surface area contributed by atoms with E-state index in [0.29, 0.717) is 16.5 Å². The Bertz CT molecular complexity index is 468. The Balaban J connectivity index is 2.76. The molecule has 0 bridgehead atoms. The summed E-state index contributed by atoms with van der Waals surface area (Å²) in [6.45, 7) is 1.76. The minimum atomic E-state index is -3.23. The molecule has 0 aliphatic heterocycles.